The number of carbonyl (C=O) groups is 1. The molecule has 2 heterocycles. The lowest BCUT2D eigenvalue weighted by Crippen LogP contribution is -2.73. The molecule has 0 unspecified atom stereocenters. The van der Waals surface area contributed by atoms with Gasteiger partial charge in [-0.1, -0.05) is 17.7 Å². The van der Waals surface area contributed by atoms with Crippen molar-refractivity contribution in [3.05, 3.63) is 63.4 Å². The fourth-order valence-corrected chi connectivity index (χ4v) is 6.99. The molecule has 4 aliphatic rings. The summed E-state index contributed by atoms with van der Waals surface area (Å²) in [6.07, 6.45) is 2.44. The van der Waals surface area contributed by atoms with Gasteiger partial charge in [0.05, 0.1) is 27.8 Å². The van der Waals surface area contributed by atoms with Crippen LogP contribution < -0.4 is 10.1 Å². The van der Waals surface area contributed by atoms with E-state index in [9.17, 15) is 25.4 Å². The number of halogens is 1. The molecule has 2 aromatic carbocycles. The normalized spacial score (nSPS) is 30.1. The molecular weight excluding hydrogens is 506 g/mol. The Kier molecular flexibility index (Phi) is 5.69. The number of amides is 1. The number of ether oxygens (including phenoxy) is 1. The summed E-state index contributed by atoms with van der Waals surface area (Å²) in [5.74, 6) is -0.0771. The molecule has 2 aliphatic heterocycles. The van der Waals surface area contributed by atoms with Crippen LogP contribution in [0.5, 0.6) is 11.5 Å². The van der Waals surface area contributed by atoms with Gasteiger partial charge in [0.1, 0.15) is 11.8 Å². The van der Waals surface area contributed by atoms with Gasteiger partial charge in [-0.25, -0.2) is 0 Å². The molecule has 1 saturated carbocycles. The van der Waals surface area contributed by atoms with Gasteiger partial charge in [0, 0.05) is 23.2 Å². The lowest BCUT2D eigenvalue weighted by Gasteiger charge is -2.59. The molecule has 2 bridgehead atoms. The average Bonchev–Trinajstić information content (AvgIpc) is 3.63. The molecule has 2 fully saturated rings. The predicted octanol–water partition coefficient (Wildman–Crippen LogP) is 4.18. The van der Waals surface area contributed by atoms with Crippen molar-refractivity contribution in [1.29, 1.82) is 5.26 Å². The van der Waals surface area contributed by atoms with Crippen LogP contribution in [0.2, 0.25) is 5.02 Å². The first-order valence-electron chi connectivity index (χ1n) is 13.0. The molecule has 0 radical (unpaired) electrons. The van der Waals surface area contributed by atoms with Crippen LogP contribution in [0.3, 0.4) is 0 Å². The fraction of sp³-hybridized carbons (Fsp3) is 0.448. The van der Waals surface area contributed by atoms with Gasteiger partial charge in [0.2, 0.25) is 0 Å². The number of carbonyl (C=O) groups excluding carboxylic acids is 1. The Morgan fingerprint density at radius 2 is 2.08 bits per heavy atom. The SMILES string of the molecule is C/C(C(=O)Nc1ccc(Cl)cc1C#N)=C(/O)[C@@H]1Oc2c(O)ccc3c2[C@@]12CCN(CC1CC1)[C@H](C3)[C@@]2(C)O. The summed E-state index contributed by atoms with van der Waals surface area (Å²) < 4.78 is 6.26. The Bertz CT molecular complexity index is 1430. The smallest absolute Gasteiger partial charge is 0.254 e. The summed E-state index contributed by atoms with van der Waals surface area (Å²) in [5, 5.41) is 47.0. The van der Waals surface area contributed by atoms with E-state index in [1.54, 1.807) is 19.1 Å². The average molecular weight is 536 g/mol. The predicted molar refractivity (Wildman–Crippen MR) is 141 cm³/mol. The van der Waals surface area contributed by atoms with Gasteiger partial charge in [-0.05, 0) is 81.8 Å². The van der Waals surface area contributed by atoms with E-state index in [-0.39, 0.29) is 40.1 Å². The van der Waals surface area contributed by atoms with Gasteiger partial charge in [-0.3, -0.25) is 9.69 Å². The highest BCUT2D eigenvalue weighted by atomic mass is 35.5. The van der Waals surface area contributed by atoms with E-state index in [1.807, 2.05) is 12.1 Å². The van der Waals surface area contributed by atoms with Crippen molar-refractivity contribution in [3.63, 3.8) is 0 Å². The van der Waals surface area contributed by atoms with Crippen LogP contribution in [-0.4, -0.2) is 57.0 Å². The Morgan fingerprint density at radius 1 is 1.32 bits per heavy atom. The zero-order chi connectivity index (χ0) is 27.0. The standard InChI is InChI=1S/C29H30ClN3O5/c1-15(27(36)32-20-7-6-19(30)11-18(20)13-31)24(35)26-29-9-10-33(14-16-3-4-16)22(28(29,2)37)12-17-5-8-21(34)25(38-26)23(17)29/h5-8,11,16,22,26,34-35,37H,3-4,9-10,12,14H2,1-2H3,(H,32,36)/b24-15-/t22-,26+,28-,29+/m1/s1. The van der Waals surface area contributed by atoms with Crippen molar-refractivity contribution in [3.8, 4) is 17.6 Å². The first kappa shape index (κ1) is 25.1. The number of nitrogens with one attached hydrogen (secondary N) is 1. The molecule has 9 heteroatoms. The Hall–Kier alpha value is -3.25. The maximum atomic E-state index is 13.2. The van der Waals surface area contributed by atoms with Crippen LogP contribution in [0.15, 0.2) is 41.7 Å². The van der Waals surface area contributed by atoms with Gasteiger partial charge in [-0.15, -0.1) is 0 Å². The number of aromatic hydroxyl groups is 1. The largest absolute Gasteiger partial charge is 0.508 e. The molecule has 0 aromatic heterocycles. The van der Waals surface area contributed by atoms with Crippen molar-refractivity contribution >= 4 is 23.2 Å². The van der Waals surface area contributed by atoms with Gasteiger partial charge >= 0.3 is 0 Å². The summed E-state index contributed by atoms with van der Waals surface area (Å²) in [4.78, 5) is 15.6. The number of hydrogen-bond donors (Lipinski definition) is 4. The summed E-state index contributed by atoms with van der Waals surface area (Å²) in [5.41, 5.74) is -0.200. The molecule has 2 aliphatic carbocycles. The molecular formula is C29H30ClN3O5. The topological polar surface area (TPSA) is 126 Å². The molecule has 4 atom stereocenters. The number of benzene rings is 2. The minimum absolute atomic E-state index is 0.00426. The zero-order valence-corrected chi connectivity index (χ0v) is 22.0. The number of hydrogen-bond acceptors (Lipinski definition) is 7. The second-order valence-electron chi connectivity index (χ2n) is 11.2. The number of fused-ring (bicyclic) bond motifs is 1. The van der Waals surface area contributed by atoms with Crippen LogP contribution in [0.4, 0.5) is 5.69 Å². The third-order valence-corrected chi connectivity index (χ3v) is 9.30. The van der Waals surface area contributed by atoms with Crippen molar-refractivity contribution in [2.24, 2.45) is 5.92 Å². The number of phenolic OH excluding ortho intramolecular Hbond substituents is 1. The van der Waals surface area contributed by atoms with E-state index in [2.05, 4.69) is 10.2 Å². The van der Waals surface area contributed by atoms with Crippen LogP contribution >= 0.6 is 11.6 Å². The van der Waals surface area contributed by atoms with Gasteiger partial charge in [0.15, 0.2) is 17.6 Å². The molecule has 8 nitrogen and oxygen atoms in total. The number of nitriles is 1. The highest BCUT2D eigenvalue weighted by Crippen LogP contribution is 2.63. The summed E-state index contributed by atoms with van der Waals surface area (Å²) in [6, 6.07) is 9.82. The van der Waals surface area contributed by atoms with Crippen LogP contribution in [0.1, 0.15) is 49.8 Å². The molecule has 6 rings (SSSR count). The minimum Gasteiger partial charge on any atom is -0.508 e. The molecule has 2 aromatic rings. The Labute approximate surface area is 226 Å². The quantitative estimate of drug-likeness (QED) is 0.334. The van der Waals surface area contributed by atoms with E-state index >= 15 is 0 Å². The van der Waals surface area contributed by atoms with E-state index in [1.165, 1.54) is 31.9 Å². The number of rotatable bonds is 5. The lowest BCUT2D eigenvalue weighted by molar-refractivity contribution is -0.153. The second-order valence-corrected chi connectivity index (χ2v) is 11.7. The molecule has 1 saturated heterocycles. The Balaban J connectivity index is 1.41. The first-order valence-corrected chi connectivity index (χ1v) is 13.4. The van der Waals surface area contributed by atoms with Crippen LogP contribution in [0, 0.1) is 17.2 Å². The van der Waals surface area contributed by atoms with Crippen molar-refractivity contribution in [2.45, 2.75) is 62.7 Å². The number of piperidine rings is 1. The monoisotopic (exact) mass is 535 g/mol. The van der Waals surface area contributed by atoms with Gasteiger partial charge < -0.3 is 25.4 Å². The van der Waals surface area contributed by atoms with E-state index in [4.69, 9.17) is 16.3 Å². The Morgan fingerprint density at radius 3 is 2.79 bits per heavy atom. The molecule has 1 spiro atoms. The van der Waals surface area contributed by atoms with Gasteiger partial charge in [0.25, 0.3) is 5.91 Å². The molecule has 4 N–H and O–H groups in total. The third-order valence-electron chi connectivity index (χ3n) is 9.07. The summed E-state index contributed by atoms with van der Waals surface area (Å²) >= 11 is 5.98. The number of phenols is 1. The van der Waals surface area contributed by atoms with Crippen molar-refractivity contribution in [1.82, 2.24) is 4.90 Å². The maximum absolute atomic E-state index is 13.2. The van der Waals surface area contributed by atoms with Gasteiger partial charge in [-0.2, -0.15) is 5.26 Å². The van der Waals surface area contributed by atoms with Crippen molar-refractivity contribution < 1.29 is 24.9 Å². The number of anilines is 1. The molecule has 1 amide bonds. The van der Waals surface area contributed by atoms with E-state index in [0.29, 0.717) is 30.3 Å². The molecule has 38 heavy (non-hydrogen) atoms. The van der Waals surface area contributed by atoms with Crippen LogP contribution in [0.25, 0.3) is 0 Å². The van der Waals surface area contributed by atoms with Crippen molar-refractivity contribution in [2.75, 3.05) is 18.4 Å². The summed E-state index contributed by atoms with van der Waals surface area (Å²) in [7, 11) is 0. The third kappa shape index (κ3) is 3.53. The highest BCUT2D eigenvalue weighted by Gasteiger charge is 2.69. The summed E-state index contributed by atoms with van der Waals surface area (Å²) in [6.45, 7) is 4.91. The number of aliphatic hydroxyl groups excluding tert-OH is 1. The minimum atomic E-state index is -1.30. The number of likely N-dealkylation sites (tertiary alicyclic amines) is 1. The fourth-order valence-electron chi connectivity index (χ4n) is 6.82. The van der Waals surface area contributed by atoms with E-state index < -0.39 is 23.0 Å². The number of aliphatic hydroxyl groups is 2. The van der Waals surface area contributed by atoms with E-state index in [0.717, 1.165) is 17.7 Å². The molecule has 198 valence electrons. The first-order chi connectivity index (χ1) is 18.1. The maximum Gasteiger partial charge on any atom is 0.254 e. The zero-order valence-electron chi connectivity index (χ0n) is 21.3. The van der Waals surface area contributed by atoms with Crippen LogP contribution in [-0.2, 0) is 16.6 Å². The second kappa shape index (κ2) is 8.63. The highest BCUT2D eigenvalue weighted by molar-refractivity contribution is 6.30. The number of nitrogens with zero attached hydrogens (tertiary/aromatic N) is 2. The lowest BCUT2D eigenvalue weighted by atomic mass is 9.53.